The van der Waals surface area contributed by atoms with Gasteiger partial charge in [-0.3, -0.25) is 0 Å². The topological polar surface area (TPSA) is 108 Å². The van der Waals surface area contributed by atoms with Crippen LogP contribution in [0, 0.1) is 0 Å². The van der Waals surface area contributed by atoms with E-state index in [0.717, 1.165) is 12.1 Å². The quantitative estimate of drug-likeness (QED) is 0.617. The summed E-state index contributed by atoms with van der Waals surface area (Å²) in [5, 5.41) is 25.6. The van der Waals surface area contributed by atoms with Crippen molar-refractivity contribution in [3.05, 3.63) is 23.7 Å². The first-order chi connectivity index (χ1) is 6.02. The normalized spacial score (nSPS) is 12.4. The van der Waals surface area contributed by atoms with Crippen LogP contribution in [0.25, 0.3) is 0 Å². The number of carboxylic acid groups (broad SMARTS) is 2. The van der Waals surface area contributed by atoms with E-state index in [4.69, 9.17) is 15.3 Å². The van der Waals surface area contributed by atoms with Gasteiger partial charge in [0.1, 0.15) is 5.76 Å². The summed E-state index contributed by atoms with van der Waals surface area (Å²) >= 11 is 0. The molecule has 0 radical (unpaired) electrons. The van der Waals surface area contributed by atoms with Crippen LogP contribution in [-0.2, 0) is 4.79 Å². The molecule has 13 heavy (non-hydrogen) atoms. The zero-order chi connectivity index (χ0) is 10.0. The van der Waals surface area contributed by atoms with Crippen LogP contribution < -0.4 is 0 Å². The third kappa shape index (κ3) is 1.85. The summed E-state index contributed by atoms with van der Waals surface area (Å²) < 4.78 is 4.54. The second-order valence-corrected chi connectivity index (χ2v) is 2.25. The van der Waals surface area contributed by atoms with Gasteiger partial charge in [0, 0.05) is 0 Å². The Balaban J connectivity index is 2.91. The molecule has 0 amide bonds. The molecule has 6 heteroatoms. The molecule has 1 aromatic heterocycles. The van der Waals surface area contributed by atoms with E-state index in [1.807, 2.05) is 0 Å². The van der Waals surface area contributed by atoms with Gasteiger partial charge in [0.15, 0.2) is 0 Å². The van der Waals surface area contributed by atoms with Crippen molar-refractivity contribution in [1.82, 2.24) is 0 Å². The SMILES string of the molecule is O=C(O)c1ccc(C(O)C(=O)O)o1. The van der Waals surface area contributed by atoms with Crippen LogP contribution in [0.2, 0.25) is 0 Å². The Kier molecular flexibility index (Phi) is 2.34. The molecule has 0 aromatic carbocycles. The van der Waals surface area contributed by atoms with Crippen molar-refractivity contribution < 1.29 is 29.3 Å². The molecule has 0 aliphatic carbocycles. The summed E-state index contributed by atoms with van der Waals surface area (Å²) in [5.41, 5.74) is 0. The maximum atomic E-state index is 10.3. The van der Waals surface area contributed by atoms with Crippen molar-refractivity contribution in [3.63, 3.8) is 0 Å². The highest BCUT2D eigenvalue weighted by molar-refractivity contribution is 5.84. The molecule has 1 heterocycles. The lowest BCUT2D eigenvalue weighted by Gasteiger charge is -1.99. The highest BCUT2D eigenvalue weighted by Crippen LogP contribution is 2.16. The Labute approximate surface area is 72.0 Å². The molecule has 3 N–H and O–H groups in total. The van der Waals surface area contributed by atoms with Crippen LogP contribution in [0.15, 0.2) is 16.5 Å². The van der Waals surface area contributed by atoms with Crippen LogP contribution in [0.3, 0.4) is 0 Å². The second kappa shape index (κ2) is 3.28. The summed E-state index contributed by atoms with van der Waals surface area (Å²) in [6, 6.07) is 2.17. The van der Waals surface area contributed by atoms with Gasteiger partial charge in [0.25, 0.3) is 0 Å². The van der Waals surface area contributed by atoms with E-state index in [2.05, 4.69) is 4.42 Å². The van der Waals surface area contributed by atoms with E-state index in [0.29, 0.717) is 0 Å². The fraction of sp³-hybridized carbons (Fsp3) is 0.143. The molecule has 0 fully saturated rings. The monoisotopic (exact) mass is 186 g/mol. The largest absolute Gasteiger partial charge is 0.479 e. The summed E-state index contributed by atoms with van der Waals surface area (Å²) in [5.74, 6) is -3.52. The summed E-state index contributed by atoms with van der Waals surface area (Å²) in [4.78, 5) is 20.5. The number of furan rings is 1. The van der Waals surface area contributed by atoms with E-state index in [1.54, 1.807) is 0 Å². The van der Waals surface area contributed by atoms with Gasteiger partial charge in [0.2, 0.25) is 11.9 Å². The minimum atomic E-state index is -1.83. The van der Waals surface area contributed by atoms with Crippen molar-refractivity contribution in [1.29, 1.82) is 0 Å². The van der Waals surface area contributed by atoms with E-state index in [-0.39, 0.29) is 5.76 Å². The third-order valence-electron chi connectivity index (χ3n) is 1.34. The molecule has 1 rings (SSSR count). The lowest BCUT2D eigenvalue weighted by molar-refractivity contribution is -0.147. The Hall–Kier alpha value is -1.82. The van der Waals surface area contributed by atoms with Gasteiger partial charge in [-0.1, -0.05) is 0 Å². The van der Waals surface area contributed by atoms with E-state index in [1.165, 1.54) is 0 Å². The van der Waals surface area contributed by atoms with Gasteiger partial charge in [-0.15, -0.1) is 0 Å². The van der Waals surface area contributed by atoms with Crippen molar-refractivity contribution in [3.8, 4) is 0 Å². The van der Waals surface area contributed by atoms with Gasteiger partial charge >= 0.3 is 11.9 Å². The molecular formula is C7H6O6. The molecule has 0 saturated heterocycles. The predicted molar refractivity (Wildman–Crippen MR) is 38.3 cm³/mol. The van der Waals surface area contributed by atoms with E-state index >= 15 is 0 Å². The number of carbonyl (C=O) groups is 2. The highest BCUT2D eigenvalue weighted by Gasteiger charge is 2.21. The minimum absolute atomic E-state index is 0.301. The number of rotatable bonds is 3. The summed E-state index contributed by atoms with van der Waals surface area (Å²) in [6.07, 6.45) is -1.83. The molecule has 70 valence electrons. The molecule has 1 aromatic rings. The van der Waals surface area contributed by atoms with Gasteiger partial charge in [0.05, 0.1) is 0 Å². The number of aromatic carboxylic acids is 1. The van der Waals surface area contributed by atoms with Crippen molar-refractivity contribution in [2.24, 2.45) is 0 Å². The van der Waals surface area contributed by atoms with Gasteiger partial charge in [-0.25, -0.2) is 9.59 Å². The number of aliphatic hydroxyl groups is 1. The summed E-state index contributed by atoms with van der Waals surface area (Å²) in [6.45, 7) is 0. The van der Waals surface area contributed by atoms with Gasteiger partial charge < -0.3 is 19.7 Å². The van der Waals surface area contributed by atoms with Crippen LogP contribution in [0.4, 0.5) is 0 Å². The smallest absolute Gasteiger partial charge is 0.371 e. The predicted octanol–water partition coefficient (Wildman–Crippen LogP) is 0.0958. The maximum absolute atomic E-state index is 10.3. The Bertz CT molecular complexity index is 339. The van der Waals surface area contributed by atoms with Gasteiger partial charge in [-0.05, 0) is 12.1 Å². The first-order valence-electron chi connectivity index (χ1n) is 3.26. The summed E-state index contributed by atoms with van der Waals surface area (Å²) in [7, 11) is 0. The number of hydrogen-bond donors (Lipinski definition) is 3. The molecule has 0 aliphatic rings. The number of aliphatic hydroxyl groups excluding tert-OH is 1. The second-order valence-electron chi connectivity index (χ2n) is 2.25. The molecule has 0 spiro atoms. The van der Waals surface area contributed by atoms with E-state index < -0.39 is 23.8 Å². The molecule has 0 saturated carbocycles. The maximum Gasteiger partial charge on any atom is 0.371 e. The Morgan fingerprint density at radius 1 is 1.31 bits per heavy atom. The third-order valence-corrected chi connectivity index (χ3v) is 1.34. The number of carboxylic acids is 2. The molecular weight excluding hydrogens is 180 g/mol. The lowest BCUT2D eigenvalue weighted by atomic mass is 10.3. The minimum Gasteiger partial charge on any atom is -0.479 e. The van der Waals surface area contributed by atoms with Crippen LogP contribution in [0.1, 0.15) is 22.4 Å². The van der Waals surface area contributed by atoms with Crippen LogP contribution in [-0.4, -0.2) is 27.3 Å². The van der Waals surface area contributed by atoms with Crippen LogP contribution >= 0.6 is 0 Å². The first-order valence-corrected chi connectivity index (χ1v) is 3.26. The highest BCUT2D eigenvalue weighted by atomic mass is 16.4. The van der Waals surface area contributed by atoms with Crippen LogP contribution in [0.5, 0.6) is 0 Å². The fourth-order valence-electron chi connectivity index (χ4n) is 0.736. The zero-order valence-corrected chi connectivity index (χ0v) is 6.30. The Morgan fingerprint density at radius 3 is 2.31 bits per heavy atom. The molecule has 0 bridgehead atoms. The number of hydrogen-bond acceptors (Lipinski definition) is 4. The lowest BCUT2D eigenvalue weighted by Crippen LogP contribution is -2.09. The Morgan fingerprint density at radius 2 is 1.92 bits per heavy atom. The van der Waals surface area contributed by atoms with Crippen molar-refractivity contribution in [2.75, 3.05) is 0 Å². The molecule has 6 nitrogen and oxygen atoms in total. The first kappa shape index (κ1) is 9.27. The number of aliphatic carboxylic acids is 1. The standard InChI is InChI=1S/C7H6O6/c8-5(7(11)12)3-1-2-4(13-3)6(9)10/h1-2,5,8H,(H,9,10)(H,11,12). The average Bonchev–Trinajstić information content (AvgIpc) is 2.50. The fourth-order valence-corrected chi connectivity index (χ4v) is 0.736. The average molecular weight is 186 g/mol. The van der Waals surface area contributed by atoms with E-state index in [9.17, 15) is 9.59 Å². The van der Waals surface area contributed by atoms with Crippen molar-refractivity contribution in [2.45, 2.75) is 6.10 Å². The zero-order valence-electron chi connectivity index (χ0n) is 6.30. The van der Waals surface area contributed by atoms with Crippen molar-refractivity contribution >= 4 is 11.9 Å². The van der Waals surface area contributed by atoms with Gasteiger partial charge in [-0.2, -0.15) is 0 Å². The molecule has 1 unspecified atom stereocenters. The molecule has 0 aliphatic heterocycles. The molecule has 1 atom stereocenters.